The molecule has 1 heterocycles. The monoisotopic (exact) mass is 298 g/mol. The molecule has 1 N–H and O–H groups in total. The Bertz CT molecular complexity index is 405. The molecular formula is C16H24F2N2O. The van der Waals surface area contributed by atoms with E-state index in [0.29, 0.717) is 6.04 Å². The third-order valence-electron chi connectivity index (χ3n) is 3.83. The molecule has 2 rings (SSSR count). The zero-order valence-electron chi connectivity index (χ0n) is 12.5. The van der Waals surface area contributed by atoms with Crippen molar-refractivity contribution >= 4 is 0 Å². The van der Waals surface area contributed by atoms with Crippen LogP contribution in [-0.4, -0.2) is 37.2 Å². The van der Waals surface area contributed by atoms with Crippen LogP contribution in [0.4, 0.5) is 8.78 Å². The predicted molar refractivity (Wildman–Crippen MR) is 79.7 cm³/mol. The van der Waals surface area contributed by atoms with Crippen LogP contribution in [0.5, 0.6) is 5.75 Å². The van der Waals surface area contributed by atoms with Crippen molar-refractivity contribution in [3.05, 3.63) is 29.8 Å². The Morgan fingerprint density at radius 1 is 1.33 bits per heavy atom. The smallest absolute Gasteiger partial charge is 0.387 e. The number of rotatable bonds is 7. The molecule has 1 unspecified atom stereocenters. The Labute approximate surface area is 125 Å². The minimum atomic E-state index is -2.76. The summed E-state index contributed by atoms with van der Waals surface area (Å²) in [5.41, 5.74) is 1.13. The van der Waals surface area contributed by atoms with Gasteiger partial charge in [-0.05, 0) is 50.0 Å². The molecule has 0 aromatic heterocycles. The molecule has 0 amide bonds. The molecular weight excluding hydrogens is 274 g/mol. The van der Waals surface area contributed by atoms with Gasteiger partial charge in [0.1, 0.15) is 5.75 Å². The van der Waals surface area contributed by atoms with Crippen LogP contribution in [0.3, 0.4) is 0 Å². The summed E-state index contributed by atoms with van der Waals surface area (Å²) in [6.07, 6.45) is 3.55. The molecule has 1 aromatic rings. The molecule has 1 fully saturated rings. The number of alkyl halides is 2. The number of ether oxygens (including phenoxy) is 1. The maximum atomic E-state index is 12.1. The van der Waals surface area contributed by atoms with E-state index >= 15 is 0 Å². The van der Waals surface area contributed by atoms with E-state index < -0.39 is 6.61 Å². The van der Waals surface area contributed by atoms with E-state index in [1.54, 1.807) is 12.1 Å². The molecule has 0 bridgehead atoms. The molecule has 0 saturated carbocycles. The molecule has 1 saturated heterocycles. The first-order valence-electron chi connectivity index (χ1n) is 7.67. The molecule has 1 atom stereocenters. The molecule has 5 heteroatoms. The summed E-state index contributed by atoms with van der Waals surface area (Å²) < 4.78 is 28.7. The second-order valence-electron chi connectivity index (χ2n) is 5.49. The van der Waals surface area contributed by atoms with Crippen molar-refractivity contribution in [1.82, 2.24) is 10.2 Å². The largest absolute Gasteiger partial charge is 0.435 e. The van der Waals surface area contributed by atoms with Crippen molar-refractivity contribution in [2.45, 2.75) is 45.4 Å². The topological polar surface area (TPSA) is 24.5 Å². The molecule has 0 aliphatic carbocycles. The Balaban J connectivity index is 1.95. The first kappa shape index (κ1) is 16.2. The molecule has 1 aromatic carbocycles. The van der Waals surface area contributed by atoms with Gasteiger partial charge < -0.3 is 10.1 Å². The van der Waals surface area contributed by atoms with Gasteiger partial charge in [0.05, 0.1) is 0 Å². The predicted octanol–water partition coefficient (Wildman–Crippen LogP) is 3.25. The molecule has 0 radical (unpaired) electrons. The summed E-state index contributed by atoms with van der Waals surface area (Å²) in [6, 6.07) is 7.54. The zero-order chi connectivity index (χ0) is 15.1. The fourth-order valence-corrected chi connectivity index (χ4v) is 2.83. The van der Waals surface area contributed by atoms with Crippen LogP contribution in [0, 0.1) is 0 Å². The highest BCUT2D eigenvalue weighted by atomic mass is 19.3. The molecule has 21 heavy (non-hydrogen) atoms. The molecule has 3 nitrogen and oxygen atoms in total. The lowest BCUT2D eigenvalue weighted by Crippen LogP contribution is -2.45. The summed E-state index contributed by atoms with van der Waals surface area (Å²) in [7, 11) is 0. The molecule has 0 spiro atoms. The second-order valence-corrected chi connectivity index (χ2v) is 5.49. The van der Waals surface area contributed by atoms with E-state index in [0.717, 1.165) is 38.2 Å². The average molecular weight is 298 g/mol. The highest BCUT2D eigenvalue weighted by Crippen LogP contribution is 2.18. The highest BCUT2D eigenvalue weighted by Gasteiger charge is 2.20. The third kappa shape index (κ3) is 5.25. The minimum Gasteiger partial charge on any atom is -0.435 e. The first-order chi connectivity index (χ1) is 10.2. The van der Waals surface area contributed by atoms with E-state index in [1.165, 1.54) is 12.8 Å². The van der Waals surface area contributed by atoms with Crippen LogP contribution in [0.2, 0.25) is 0 Å². The third-order valence-corrected chi connectivity index (χ3v) is 3.83. The molecule has 118 valence electrons. The summed E-state index contributed by atoms with van der Waals surface area (Å²) >= 11 is 0. The lowest BCUT2D eigenvalue weighted by atomic mass is 10.0. The fourth-order valence-electron chi connectivity index (χ4n) is 2.83. The maximum absolute atomic E-state index is 12.1. The van der Waals surface area contributed by atoms with Gasteiger partial charge in [-0.2, -0.15) is 8.78 Å². The van der Waals surface area contributed by atoms with Gasteiger partial charge in [0.25, 0.3) is 0 Å². The van der Waals surface area contributed by atoms with Crippen molar-refractivity contribution in [3.8, 4) is 5.75 Å². The van der Waals surface area contributed by atoms with Crippen molar-refractivity contribution < 1.29 is 13.5 Å². The summed E-state index contributed by atoms with van der Waals surface area (Å²) in [5.74, 6) is 0.218. The number of nitrogens with one attached hydrogen (secondary N) is 1. The van der Waals surface area contributed by atoms with Gasteiger partial charge in [-0.25, -0.2) is 0 Å². The molecule has 1 aliphatic rings. The van der Waals surface area contributed by atoms with Crippen molar-refractivity contribution in [2.24, 2.45) is 0 Å². The first-order valence-corrected chi connectivity index (χ1v) is 7.67. The van der Waals surface area contributed by atoms with Crippen LogP contribution in [0.25, 0.3) is 0 Å². The van der Waals surface area contributed by atoms with E-state index in [2.05, 4.69) is 21.9 Å². The quantitative estimate of drug-likeness (QED) is 0.836. The van der Waals surface area contributed by atoms with Crippen molar-refractivity contribution in [1.29, 1.82) is 0 Å². The van der Waals surface area contributed by atoms with E-state index in [-0.39, 0.29) is 5.75 Å². The minimum absolute atomic E-state index is 0.218. The van der Waals surface area contributed by atoms with E-state index in [1.807, 2.05) is 12.1 Å². The Morgan fingerprint density at radius 2 is 2.10 bits per heavy atom. The van der Waals surface area contributed by atoms with Crippen molar-refractivity contribution in [3.63, 3.8) is 0 Å². The Hall–Kier alpha value is -1.20. The standard InChI is InChI=1S/C16H24F2N2O/c1-2-10-20(14-4-3-9-19-11-14)12-13-5-7-15(8-6-13)21-16(17)18/h5-8,14,16,19H,2-4,9-12H2,1H3. The normalized spacial score (nSPS) is 19.2. The van der Waals surface area contributed by atoms with Gasteiger partial charge in [0.15, 0.2) is 0 Å². The number of benzene rings is 1. The SMILES string of the molecule is CCCN(Cc1ccc(OC(F)F)cc1)C1CCCNC1. The lowest BCUT2D eigenvalue weighted by molar-refractivity contribution is -0.0498. The molecule has 1 aliphatic heterocycles. The number of hydrogen-bond donors (Lipinski definition) is 1. The van der Waals surface area contributed by atoms with Gasteiger partial charge in [-0.3, -0.25) is 4.90 Å². The van der Waals surface area contributed by atoms with Crippen LogP contribution in [0.15, 0.2) is 24.3 Å². The van der Waals surface area contributed by atoms with Gasteiger partial charge in [0.2, 0.25) is 0 Å². The fraction of sp³-hybridized carbons (Fsp3) is 0.625. The Kier molecular flexibility index (Phi) is 6.39. The zero-order valence-corrected chi connectivity index (χ0v) is 12.5. The average Bonchev–Trinajstić information content (AvgIpc) is 2.49. The van der Waals surface area contributed by atoms with Gasteiger partial charge in [-0.15, -0.1) is 0 Å². The van der Waals surface area contributed by atoms with Gasteiger partial charge in [-0.1, -0.05) is 19.1 Å². The summed E-state index contributed by atoms with van der Waals surface area (Å²) in [4.78, 5) is 2.48. The van der Waals surface area contributed by atoms with E-state index in [9.17, 15) is 8.78 Å². The van der Waals surface area contributed by atoms with Crippen LogP contribution < -0.4 is 10.1 Å². The number of halogens is 2. The van der Waals surface area contributed by atoms with Crippen molar-refractivity contribution in [2.75, 3.05) is 19.6 Å². The number of nitrogens with zero attached hydrogens (tertiary/aromatic N) is 1. The Morgan fingerprint density at radius 3 is 2.67 bits per heavy atom. The number of piperidine rings is 1. The van der Waals surface area contributed by atoms with Crippen LogP contribution >= 0.6 is 0 Å². The van der Waals surface area contributed by atoms with E-state index in [4.69, 9.17) is 0 Å². The van der Waals surface area contributed by atoms with Gasteiger partial charge in [0, 0.05) is 19.1 Å². The lowest BCUT2D eigenvalue weighted by Gasteiger charge is -2.34. The second kappa shape index (κ2) is 8.29. The maximum Gasteiger partial charge on any atom is 0.387 e. The van der Waals surface area contributed by atoms with Crippen LogP contribution in [0.1, 0.15) is 31.7 Å². The highest BCUT2D eigenvalue weighted by molar-refractivity contribution is 5.27. The number of hydrogen-bond acceptors (Lipinski definition) is 3. The summed E-state index contributed by atoms with van der Waals surface area (Å²) in [6.45, 7) is 3.48. The summed E-state index contributed by atoms with van der Waals surface area (Å²) in [5, 5.41) is 3.45. The van der Waals surface area contributed by atoms with Crippen LogP contribution in [-0.2, 0) is 6.54 Å². The van der Waals surface area contributed by atoms with Gasteiger partial charge >= 0.3 is 6.61 Å².